The average molecular weight is 464 g/mol. The minimum absolute atomic E-state index is 0.0420. The largest absolute Gasteiger partial charge is 0.381 e. The number of nitrogens with one attached hydrogen (secondary N) is 4. The number of carbonyl (C=O) groups is 2. The molecule has 1 aromatic heterocycles. The van der Waals surface area contributed by atoms with Crippen molar-refractivity contribution in [3.63, 3.8) is 0 Å². The number of rotatable bonds is 7. The molecule has 33 heavy (non-hydrogen) atoms. The number of amides is 2. The van der Waals surface area contributed by atoms with E-state index in [2.05, 4.69) is 38.3 Å². The predicted molar refractivity (Wildman–Crippen MR) is 138 cm³/mol. The molecule has 0 unspecified atom stereocenters. The fourth-order valence-corrected chi connectivity index (χ4v) is 4.71. The molecule has 8 heteroatoms. The van der Waals surface area contributed by atoms with Crippen LogP contribution in [0.5, 0.6) is 0 Å². The summed E-state index contributed by atoms with van der Waals surface area (Å²) in [7, 11) is 4.05. The minimum Gasteiger partial charge on any atom is -0.381 e. The standard InChI is InChI=1S/C25H29N5O2S/c1-16-15-27-22-18-14-17(10-11-21(18)33-23(22)25(32)28-16)24(31)29-20-9-5-4-8-19(20)26-12-6-7-13-30(2)3/h4-11,14,16,26-27H,12-13,15H2,1-3H3,(H,28,32)(H,29,31)/b7-6+/t16-/m1/s1. The Bertz CT molecular complexity index is 1200. The number of thiophene rings is 1. The Morgan fingerprint density at radius 3 is 2.76 bits per heavy atom. The SMILES string of the molecule is C[C@@H]1CNc2c(sc3ccc(C(=O)Nc4ccccc4NC/C=C/CN(C)C)cc23)C(=O)N1. The van der Waals surface area contributed by atoms with Gasteiger partial charge in [0, 0.05) is 41.3 Å². The molecule has 172 valence electrons. The van der Waals surface area contributed by atoms with Crippen LogP contribution in [0.4, 0.5) is 17.1 Å². The molecule has 2 heterocycles. The first-order valence-corrected chi connectivity index (χ1v) is 11.8. The van der Waals surface area contributed by atoms with Crippen molar-refractivity contribution in [1.82, 2.24) is 10.2 Å². The zero-order valence-electron chi connectivity index (χ0n) is 19.1. The first kappa shape index (κ1) is 22.8. The minimum atomic E-state index is -0.194. The Morgan fingerprint density at radius 1 is 1.18 bits per heavy atom. The highest BCUT2D eigenvalue weighted by atomic mass is 32.1. The lowest BCUT2D eigenvalue weighted by atomic mass is 10.1. The summed E-state index contributed by atoms with van der Waals surface area (Å²) in [6.07, 6.45) is 4.17. The van der Waals surface area contributed by atoms with Crippen molar-refractivity contribution in [2.45, 2.75) is 13.0 Å². The van der Waals surface area contributed by atoms with Gasteiger partial charge in [-0.1, -0.05) is 24.3 Å². The number of carbonyl (C=O) groups excluding carboxylic acids is 2. The zero-order valence-corrected chi connectivity index (χ0v) is 19.9. The van der Waals surface area contributed by atoms with Crippen molar-refractivity contribution in [1.29, 1.82) is 0 Å². The van der Waals surface area contributed by atoms with Crippen LogP contribution in [-0.2, 0) is 0 Å². The van der Waals surface area contributed by atoms with Crippen LogP contribution in [0.25, 0.3) is 10.1 Å². The van der Waals surface area contributed by atoms with Crippen LogP contribution in [-0.4, -0.2) is 56.5 Å². The second-order valence-corrected chi connectivity index (χ2v) is 9.44. The van der Waals surface area contributed by atoms with Gasteiger partial charge in [-0.3, -0.25) is 9.59 Å². The molecule has 1 aliphatic heterocycles. The lowest BCUT2D eigenvalue weighted by molar-refractivity contribution is 0.0948. The lowest BCUT2D eigenvalue weighted by Crippen LogP contribution is -2.34. The molecule has 1 aliphatic rings. The van der Waals surface area contributed by atoms with Crippen LogP contribution in [0, 0.1) is 0 Å². The summed E-state index contributed by atoms with van der Waals surface area (Å²) >= 11 is 1.44. The molecule has 0 fully saturated rings. The van der Waals surface area contributed by atoms with Gasteiger partial charge in [-0.15, -0.1) is 11.3 Å². The second kappa shape index (κ2) is 10.1. The first-order chi connectivity index (χ1) is 15.9. The van der Waals surface area contributed by atoms with E-state index < -0.39 is 0 Å². The van der Waals surface area contributed by atoms with Crippen molar-refractivity contribution in [2.75, 3.05) is 49.7 Å². The van der Waals surface area contributed by atoms with E-state index in [1.165, 1.54) is 11.3 Å². The Kier molecular flexibility index (Phi) is 6.96. The van der Waals surface area contributed by atoms with Crippen molar-refractivity contribution in [2.24, 2.45) is 0 Å². The second-order valence-electron chi connectivity index (χ2n) is 8.39. The van der Waals surface area contributed by atoms with Crippen LogP contribution in [0.3, 0.4) is 0 Å². The van der Waals surface area contributed by atoms with Gasteiger partial charge in [0.1, 0.15) is 4.88 Å². The van der Waals surface area contributed by atoms with Gasteiger partial charge in [-0.2, -0.15) is 0 Å². The van der Waals surface area contributed by atoms with E-state index in [4.69, 9.17) is 0 Å². The summed E-state index contributed by atoms with van der Waals surface area (Å²) in [5.74, 6) is -0.268. The van der Waals surface area contributed by atoms with E-state index in [1.807, 2.05) is 57.4 Å². The Balaban J connectivity index is 1.52. The zero-order chi connectivity index (χ0) is 23.4. The van der Waals surface area contributed by atoms with Crippen LogP contribution < -0.4 is 21.3 Å². The number of hydrogen-bond acceptors (Lipinski definition) is 6. The summed E-state index contributed by atoms with van der Waals surface area (Å²) in [6, 6.07) is 13.3. The maximum atomic E-state index is 13.1. The highest BCUT2D eigenvalue weighted by Gasteiger charge is 2.24. The average Bonchev–Trinajstić information content (AvgIpc) is 3.09. The molecule has 0 aliphatic carbocycles. The number of fused-ring (bicyclic) bond motifs is 3. The van der Waals surface area contributed by atoms with E-state index in [9.17, 15) is 9.59 Å². The lowest BCUT2D eigenvalue weighted by Gasteiger charge is -2.13. The van der Waals surface area contributed by atoms with Crippen molar-refractivity contribution in [3.8, 4) is 0 Å². The summed E-state index contributed by atoms with van der Waals surface area (Å²) in [5, 5.41) is 13.6. The molecule has 0 saturated heterocycles. The molecule has 4 N–H and O–H groups in total. The number of likely N-dealkylation sites (N-methyl/N-ethyl adjacent to an activating group) is 1. The monoisotopic (exact) mass is 463 g/mol. The predicted octanol–water partition coefficient (Wildman–Crippen LogP) is 4.23. The van der Waals surface area contributed by atoms with Crippen molar-refractivity contribution < 1.29 is 9.59 Å². The van der Waals surface area contributed by atoms with Gasteiger partial charge in [0.05, 0.1) is 17.1 Å². The Hall–Kier alpha value is -3.36. The van der Waals surface area contributed by atoms with Crippen LogP contribution in [0.15, 0.2) is 54.6 Å². The van der Waals surface area contributed by atoms with Crippen LogP contribution >= 0.6 is 11.3 Å². The molecule has 0 bridgehead atoms. The van der Waals surface area contributed by atoms with E-state index in [0.29, 0.717) is 23.5 Å². The third-order valence-corrected chi connectivity index (χ3v) is 6.51. The molecule has 0 radical (unpaired) electrons. The van der Waals surface area contributed by atoms with E-state index in [0.717, 1.165) is 33.7 Å². The smallest absolute Gasteiger partial charge is 0.263 e. The molecule has 0 spiro atoms. The summed E-state index contributed by atoms with van der Waals surface area (Å²) in [4.78, 5) is 28.3. The first-order valence-electron chi connectivity index (χ1n) is 11.0. The molecule has 3 aromatic rings. The highest BCUT2D eigenvalue weighted by molar-refractivity contribution is 7.21. The molecule has 7 nitrogen and oxygen atoms in total. The fourth-order valence-electron chi connectivity index (χ4n) is 3.65. The van der Waals surface area contributed by atoms with Crippen LogP contribution in [0.1, 0.15) is 27.0 Å². The van der Waals surface area contributed by atoms with Crippen molar-refractivity contribution in [3.05, 3.63) is 65.1 Å². The topological polar surface area (TPSA) is 85.5 Å². The van der Waals surface area contributed by atoms with Gasteiger partial charge in [0.25, 0.3) is 11.8 Å². The number of benzene rings is 2. The maximum absolute atomic E-state index is 13.1. The molecule has 4 rings (SSSR count). The number of nitrogens with zero attached hydrogens (tertiary/aromatic N) is 1. The van der Waals surface area contributed by atoms with Gasteiger partial charge in [0.15, 0.2) is 0 Å². The maximum Gasteiger partial charge on any atom is 0.263 e. The molecular formula is C25H29N5O2S. The van der Waals surface area contributed by atoms with Gasteiger partial charge in [-0.25, -0.2) is 0 Å². The number of para-hydroxylation sites is 2. The molecule has 2 amide bonds. The van der Waals surface area contributed by atoms with Gasteiger partial charge in [-0.05, 0) is 51.4 Å². The summed E-state index contributed by atoms with van der Waals surface area (Å²) in [6.45, 7) is 4.15. The molecule has 2 aromatic carbocycles. The Morgan fingerprint density at radius 2 is 1.97 bits per heavy atom. The third kappa shape index (κ3) is 5.35. The summed E-state index contributed by atoms with van der Waals surface area (Å²) in [5.41, 5.74) is 2.93. The normalized spacial score (nSPS) is 15.8. The van der Waals surface area contributed by atoms with Crippen molar-refractivity contribution >= 4 is 50.3 Å². The van der Waals surface area contributed by atoms with Gasteiger partial charge >= 0.3 is 0 Å². The van der Waals surface area contributed by atoms with Gasteiger partial charge in [0.2, 0.25) is 0 Å². The quantitative estimate of drug-likeness (QED) is 0.394. The van der Waals surface area contributed by atoms with E-state index >= 15 is 0 Å². The number of hydrogen-bond donors (Lipinski definition) is 4. The van der Waals surface area contributed by atoms with Gasteiger partial charge < -0.3 is 26.2 Å². The fraction of sp³-hybridized carbons (Fsp3) is 0.280. The molecule has 1 atom stereocenters. The van der Waals surface area contributed by atoms with Crippen LogP contribution in [0.2, 0.25) is 0 Å². The number of anilines is 3. The third-order valence-electron chi connectivity index (χ3n) is 5.34. The van der Waals surface area contributed by atoms with E-state index in [1.54, 1.807) is 6.07 Å². The highest BCUT2D eigenvalue weighted by Crippen LogP contribution is 2.37. The summed E-state index contributed by atoms with van der Waals surface area (Å²) < 4.78 is 0.973. The molecule has 0 saturated carbocycles. The Labute approximate surface area is 197 Å². The molecular weight excluding hydrogens is 434 g/mol. The van der Waals surface area contributed by atoms with E-state index in [-0.39, 0.29) is 17.9 Å².